The van der Waals surface area contributed by atoms with Crippen LogP contribution >= 0.6 is 22.9 Å². The van der Waals surface area contributed by atoms with Gasteiger partial charge in [0.05, 0.1) is 30.9 Å². The molecule has 0 atom stereocenters. The zero-order valence-electron chi connectivity index (χ0n) is 16.4. The summed E-state index contributed by atoms with van der Waals surface area (Å²) in [6.07, 6.45) is 0.347. The smallest absolute Gasteiger partial charge is 0.227 e. The highest BCUT2D eigenvalue weighted by atomic mass is 35.5. The van der Waals surface area contributed by atoms with E-state index in [-0.39, 0.29) is 5.91 Å². The third-order valence-electron chi connectivity index (χ3n) is 5.05. The maximum Gasteiger partial charge on any atom is 0.227 e. The number of methoxy groups -OCH3 is 2. The first kappa shape index (κ1) is 19.8. The lowest BCUT2D eigenvalue weighted by Crippen LogP contribution is -2.49. The van der Waals surface area contributed by atoms with Gasteiger partial charge in [0.15, 0.2) is 16.6 Å². The van der Waals surface area contributed by atoms with Gasteiger partial charge in [-0.2, -0.15) is 0 Å². The Labute approximate surface area is 178 Å². The molecule has 29 heavy (non-hydrogen) atoms. The fourth-order valence-corrected chi connectivity index (χ4v) is 4.74. The van der Waals surface area contributed by atoms with Crippen molar-refractivity contribution < 1.29 is 14.3 Å². The van der Waals surface area contributed by atoms with Crippen LogP contribution in [0.3, 0.4) is 0 Å². The van der Waals surface area contributed by atoms with E-state index in [4.69, 9.17) is 26.1 Å². The lowest BCUT2D eigenvalue weighted by Gasteiger charge is -2.34. The van der Waals surface area contributed by atoms with Crippen LogP contribution in [0, 0.1) is 0 Å². The van der Waals surface area contributed by atoms with E-state index in [1.807, 2.05) is 41.3 Å². The topological polar surface area (TPSA) is 54.9 Å². The maximum absolute atomic E-state index is 12.8. The molecule has 0 spiro atoms. The number of carbonyl (C=O) groups excluding carboxylic acids is 1. The van der Waals surface area contributed by atoms with E-state index in [0.29, 0.717) is 31.0 Å². The predicted octanol–water partition coefficient (Wildman–Crippen LogP) is 3.86. The Balaban J connectivity index is 1.38. The standard InChI is InChI=1S/C21H22ClN3O3S/c1-27-17-6-3-14(11-18(17)28-2)12-20(26)24-7-9-25(10-8-24)21-23-16-5-4-15(22)13-19(16)29-21/h3-6,11,13H,7-10,12H2,1-2H3. The Bertz CT molecular complexity index is 1030. The molecule has 1 fully saturated rings. The van der Waals surface area contributed by atoms with Crippen molar-refractivity contribution in [3.05, 3.63) is 47.0 Å². The first-order chi connectivity index (χ1) is 14.1. The van der Waals surface area contributed by atoms with Gasteiger partial charge in [-0.25, -0.2) is 4.98 Å². The molecule has 0 unspecified atom stereocenters. The van der Waals surface area contributed by atoms with Gasteiger partial charge in [0, 0.05) is 31.2 Å². The maximum atomic E-state index is 12.8. The van der Waals surface area contributed by atoms with Crippen LogP contribution in [0.25, 0.3) is 10.2 Å². The quantitative estimate of drug-likeness (QED) is 0.614. The highest BCUT2D eigenvalue weighted by molar-refractivity contribution is 7.22. The number of anilines is 1. The third kappa shape index (κ3) is 4.26. The van der Waals surface area contributed by atoms with Crippen LogP contribution < -0.4 is 14.4 Å². The van der Waals surface area contributed by atoms with E-state index in [2.05, 4.69) is 4.90 Å². The number of nitrogens with zero attached hydrogens (tertiary/aromatic N) is 3. The lowest BCUT2D eigenvalue weighted by atomic mass is 10.1. The molecule has 1 aliphatic rings. The molecular formula is C21H22ClN3O3S. The average Bonchev–Trinajstić information content (AvgIpc) is 3.17. The molecule has 3 aromatic rings. The summed E-state index contributed by atoms with van der Waals surface area (Å²) in [7, 11) is 3.20. The minimum atomic E-state index is 0.118. The molecule has 6 nitrogen and oxygen atoms in total. The minimum absolute atomic E-state index is 0.118. The molecule has 2 aromatic carbocycles. The zero-order valence-corrected chi connectivity index (χ0v) is 17.9. The number of amides is 1. The summed E-state index contributed by atoms with van der Waals surface area (Å²) in [5, 5.41) is 1.70. The van der Waals surface area contributed by atoms with E-state index >= 15 is 0 Å². The first-order valence-corrected chi connectivity index (χ1v) is 10.6. The summed E-state index contributed by atoms with van der Waals surface area (Å²) in [6.45, 7) is 2.90. The Morgan fingerprint density at radius 3 is 2.55 bits per heavy atom. The summed E-state index contributed by atoms with van der Waals surface area (Å²) >= 11 is 7.72. The number of hydrogen-bond donors (Lipinski definition) is 0. The SMILES string of the molecule is COc1ccc(CC(=O)N2CCN(c3nc4ccc(Cl)cc4s3)CC2)cc1OC. The second-order valence-electron chi connectivity index (χ2n) is 6.84. The lowest BCUT2D eigenvalue weighted by molar-refractivity contribution is -0.130. The fraction of sp³-hybridized carbons (Fsp3) is 0.333. The zero-order chi connectivity index (χ0) is 20.4. The largest absolute Gasteiger partial charge is 0.493 e. The summed E-state index contributed by atoms with van der Waals surface area (Å²) in [5.74, 6) is 1.42. The van der Waals surface area contributed by atoms with Gasteiger partial charge in [-0.15, -0.1) is 0 Å². The van der Waals surface area contributed by atoms with E-state index in [0.717, 1.165) is 39.0 Å². The summed E-state index contributed by atoms with van der Waals surface area (Å²) in [4.78, 5) is 21.6. The molecule has 1 aromatic heterocycles. The molecule has 0 radical (unpaired) electrons. The van der Waals surface area contributed by atoms with Crippen molar-refractivity contribution in [2.45, 2.75) is 6.42 Å². The van der Waals surface area contributed by atoms with Gasteiger partial charge in [-0.1, -0.05) is 29.0 Å². The van der Waals surface area contributed by atoms with Gasteiger partial charge >= 0.3 is 0 Å². The number of ether oxygens (including phenoxy) is 2. The third-order valence-corrected chi connectivity index (χ3v) is 6.36. The van der Waals surface area contributed by atoms with Crippen LogP contribution in [-0.2, 0) is 11.2 Å². The molecule has 4 rings (SSSR count). The molecule has 8 heteroatoms. The number of halogens is 1. The van der Waals surface area contributed by atoms with Crippen molar-refractivity contribution in [1.29, 1.82) is 0 Å². The van der Waals surface area contributed by atoms with E-state index < -0.39 is 0 Å². The second kappa shape index (κ2) is 8.47. The van der Waals surface area contributed by atoms with E-state index in [9.17, 15) is 4.79 Å². The highest BCUT2D eigenvalue weighted by Crippen LogP contribution is 2.31. The van der Waals surface area contributed by atoms with Crippen LogP contribution in [0.2, 0.25) is 5.02 Å². The van der Waals surface area contributed by atoms with Gasteiger partial charge in [-0.3, -0.25) is 4.79 Å². The van der Waals surface area contributed by atoms with Crippen LogP contribution in [0.1, 0.15) is 5.56 Å². The molecule has 0 N–H and O–H groups in total. The van der Waals surface area contributed by atoms with Gasteiger partial charge in [0.25, 0.3) is 0 Å². The number of thiazole rings is 1. The van der Waals surface area contributed by atoms with Crippen LogP contribution in [0.4, 0.5) is 5.13 Å². The minimum Gasteiger partial charge on any atom is -0.493 e. The number of aromatic nitrogens is 1. The monoisotopic (exact) mass is 431 g/mol. The first-order valence-electron chi connectivity index (χ1n) is 9.37. The van der Waals surface area contributed by atoms with Crippen molar-refractivity contribution in [2.24, 2.45) is 0 Å². The Hall–Kier alpha value is -2.51. The number of fused-ring (bicyclic) bond motifs is 1. The van der Waals surface area contributed by atoms with E-state index in [1.165, 1.54) is 0 Å². The van der Waals surface area contributed by atoms with Crippen molar-refractivity contribution >= 4 is 44.2 Å². The molecule has 152 valence electrons. The van der Waals surface area contributed by atoms with E-state index in [1.54, 1.807) is 25.6 Å². The molecule has 1 aliphatic heterocycles. The molecule has 1 amide bonds. The fourth-order valence-electron chi connectivity index (χ4n) is 3.45. The molecule has 0 saturated carbocycles. The normalized spacial score (nSPS) is 14.3. The molecule has 0 bridgehead atoms. The van der Waals surface area contributed by atoms with Crippen LogP contribution in [-0.4, -0.2) is 56.2 Å². The van der Waals surface area contributed by atoms with Crippen molar-refractivity contribution in [1.82, 2.24) is 9.88 Å². The van der Waals surface area contributed by atoms with Gasteiger partial charge in [0.1, 0.15) is 0 Å². The number of benzene rings is 2. The predicted molar refractivity (Wildman–Crippen MR) is 117 cm³/mol. The summed E-state index contributed by atoms with van der Waals surface area (Å²) < 4.78 is 11.7. The van der Waals surface area contributed by atoms with Crippen molar-refractivity contribution in [3.63, 3.8) is 0 Å². The second-order valence-corrected chi connectivity index (χ2v) is 8.29. The Kier molecular flexibility index (Phi) is 5.78. The molecule has 0 aliphatic carbocycles. The number of hydrogen-bond acceptors (Lipinski definition) is 6. The highest BCUT2D eigenvalue weighted by Gasteiger charge is 2.23. The van der Waals surface area contributed by atoms with Crippen LogP contribution in [0.5, 0.6) is 11.5 Å². The van der Waals surface area contributed by atoms with Crippen LogP contribution in [0.15, 0.2) is 36.4 Å². The summed E-state index contributed by atoms with van der Waals surface area (Å²) in [5.41, 5.74) is 1.87. The Morgan fingerprint density at radius 2 is 1.83 bits per heavy atom. The molecular weight excluding hydrogens is 410 g/mol. The van der Waals surface area contributed by atoms with Gasteiger partial charge < -0.3 is 19.3 Å². The van der Waals surface area contributed by atoms with Crippen molar-refractivity contribution in [3.8, 4) is 11.5 Å². The number of rotatable bonds is 5. The number of carbonyl (C=O) groups is 1. The molecule has 2 heterocycles. The average molecular weight is 432 g/mol. The molecule has 1 saturated heterocycles. The van der Waals surface area contributed by atoms with Gasteiger partial charge in [0.2, 0.25) is 5.91 Å². The Morgan fingerprint density at radius 1 is 1.07 bits per heavy atom. The number of piperazine rings is 1. The summed E-state index contributed by atoms with van der Waals surface area (Å²) in [6, 6.07) is 11.3. The van der Waals surface area contributed by atoms with Gasteiger partial charge in [-0.05, 0) is 35.9 Å². The van der Waals surface area contributed by atoms with Crippen molar-refractivity contribution in [2.75, 3.05) is 45.3 Å².